The van der Waals surface area contributed by atoms with Crippen molar-refractivity contribution in [1.82, 2.24) is 0 Å². The van der Waals surface area contributed by atoms with Crippen LogP contribution < -0.4 is 3.58 Å². The first-order chi connectivity index (χ1) is 13.5. The van der Waals surface area contributed by atoms with Crippen molar-refractivity contribution in [3.63, 3.8) is 0 Å². The van der Waals surface area contributed by atoms with Gasteiger partial charge in [-0.25, -0.2) is 0 Å². The molecule has 0 saturated carbocycles. The van der Waals surface area contributed by atoms with Crippen molar-refractivity contribution in [2.75, 3.05) is 0 Å². The number of benzene rings is 2. The van der Waals surface area contributed by atoms with Gasteiger partial charge in [0.15, 0.2) is 0 Å². The van der Waals surface area contributed by atoms with Crippen LogP contribution >= 0.6 is 0 Å². The van der Waals surface area contributed by atoms with E-state index in [2.05, 4.69) is 52.0 Å². The minimum atomic E-state index is -2.13. The van der Waals surface area contributed by atoms with Crippen LogP contribution in [0.5, 0.6) is 5.75 Å². The number of hydrogen-bond donors (Lipinski definition) is 1. The Labute approximate surface area is 178 Å². The molecule has 0 fully saturated rings. The SMILES string of the molecule is CCC[CH2][Sn]([CH2]CCC)([CH2]CCC)[c]1ccc(C)cc1.Cc1ccc(O)cc1. The third kappa shape index (κ3) is 9.03. The summed E-state index contributed by atoms with van der Waals surface area (Å²) in [5, 5.41) is 8.76. The summed E-state index contributed by atoms with van der Waals surface area (Å²) in [6.07, 6.45) is 8.46. The Hall–Kier alpha value is -0.961. The van der Waals surface area contributed by atoms with Crippen molar-refractivity contribution < 1.29 is 5.11 Å². The molecule has 0 unspecified atom stereocenters. The third-order valence-corrected chi connectivity index (χ3v) is 21.4. The predicted octanol–water partition coefficient (Wildman–Crippen LogP) is 7.75. The molecule has 2 rings (SSSR count). The van der Waals surface area contributed by atoms with Crippen LogP contribution in [0.15, 0.2) is 48.5 Å². The van der Waals surface area contributed by atoms with Gasteiger partial charge in [-0.15, -0.1) is 0 Å². The molecule has 0 spiro atoms. The maximum atomic E-state index is 8.76. The summed E-state index contributed by atoms with van der Waals surface area (Å²) in [5.41, 5.74) is 2.58. The summed E-state index contributed by atoms with van der Waals surface area (Å²) in [4.78, 5) is 0. The molecule has 1 nitrogen and oxygen atoms in total. The summed E-state index contributed by atoms with van der Waals surface area (Å²) in [7, 11) is 0. The maximum Gasteiger partial charge on any atom is 0.115 e. The van der Waals surface area contributed by atoms with E-state index in [9.17, 15) is 0 Å². The molecule has 0 heterocycles. The molecule has 0 aliphatic rings. The molecule has 0 bridgehead atoms. The molecule has 156 valence electrons. The normalized spacial score (nSPS) is 11.0. The number of aromatic hydroxyl groups is 1. The standard InChI is InChI=1S/C7H8O.C7H7.3C4H9.Sn/c1-6-2-4-7(8)5-3-6;1-7-5-3-2-4-6-7;3*1-3-4-2;/h2-5,8H,1H3;3-6H,1H3;3*1,3-4H2,2H3;. The zero-order valence-electron chi connectivity index (χ0n) is 18.9. The summed E-state index contributed by atoms with van der Waals surface area (Å²) in [6, 6.07) is 16.8. The molecule has 0 radical (unpaired) electrons. The van der Waals surface area contributed by atoms with Crippen molar-refractivity contribution >= 4 is 22.0 Å². The van der Waals surface area contributed by atoms with Crippen molar-refractivity contribution in [2.24, 2.45) is 0 Å². The molecule has 2 aromatic carbocycles. The zero-order valence-corrected chi connectivity index (χ0v) is 21.8. The van der Waals surface area contributed by atoms with Gasteiger partial charge in [-0.1, -0.05) is 17.7 Å². The second kappa shape index (κ2) is 14.1. The number of phenolic OH excluding ortho intramolecular Hbond substituents is 1. The van der Waals surface area contributed by atoms with Crippen molar-refractivity contribution in [3.05, 3.63) is 59.7 Å². The molecule has 0 saturated heterocycles. The molecule has 1 N–H and O–H groups in total. The molecule has 28 heavy (non-hydrogen) atoms. The molecular weight excluding hydrogens is 447 g/mol. The van der Waals surface area contributed by atoms with E-state index < -0.39 is 18.4 Å². The summed E-state index contributed by atoms with van der Waals surface area (Å²) in [6.45, 7) is 11.3. The first kappa shape index (κ1) is 25.1. The van der Waals surface area contributed by atoms with Gasteiger partial charge in [0.1, 0.15) is 5.75 Å². The van der Waals surface area contributed by atoms with E-state index in [0.29, 0.717) is 5.75 Å². The van der Waals surface area contributed by atoms with E-state index in [1.165, 1.54) is 49.7 Å². The molecule has 0 aliphatic carbocycles. The molecular formula is C26H42OSn. The van der Waals surface area contributed by atoms with Crippen molar-refractivity contribution in [2.45, 2.75) is 86.5 Å². The number of hydrogen-bond acceptors (Lipinski definition) is 1. The summed E-state index contributed by atoms with van der Waals surface area (Å²) >= 11 is -2.13. The number of phenols is 1. The number of aryl methyl sites for hydroxylation is 2. The van der Waals surface area contributed by atoms with E-state index >= 15 is 0 Å². The van der Waals surface area contributed by atoms with Gasteiger partial charge in [0.05, 0.1) is 0 Å². The van der Waals surface area contributed by atoms with Gasteiger partial charge in [-0.2, -0.15) is 0 Å². The average molecular weight is 489 g/mol. The minimum absolute atomic E-state index is 0.329. The van der Waals surface area contributed by atoms with Crippen LogP contribution in [0.1, 0.15) is 70.4 Å². The topological polar surface area (TPSA) is 20.2 Å². The Bertz CT molecular complexity index is 588. The Morgan fingerprint density at radius 2 is 0.964 bits per heavy atom. The second-order valence-electron chi connectivity index (χ2n) is 8.29. The Balaban J connectivity index is 0.000000406. The Morgan fingerprint density at radius 3 is 1.29 bits per heavy atom. The summed E-state index contributed by atoms with van der Waals surface area (Å²) in [5.74, 6) is 0.329. The first-order valence-electron chi connectivity index (χ1n) is 11.3. The van der Waals surface area contributed by atoms with Crippen LogP contribution in [0.3, 0.4) is 0 Å². The van der Waals surface area contributed by atoms with E-state index in [0.717, 1.165) is 0 Å². The number of unbranched alkanes of at least 4 members (excludes halogenated alkanes) is 3. The first-order valence-corrected chi connectivity index (χ1v) is 18.8. The van der Waals surface area contributed by atoms with Gasteiger partial charge in [0.2, 0.25) is 0 Å². The molecule has 0 aliphatic heterocycles. The molecule has 0 aromatic heterocycles. The summed E-state index contributed by atoms with van der Waals surface area (Å²) < 4.78 is 6.54. The fourth-order valence-electron chi connectivity index (χ4n) is 3.81. The fourth-order valence-corrected chi connectivity index (χ4v) is 19.7. The average Bonchev–Trinajstić information content (AvgIpc) is 2.71. The smallest absolute Gasteiger partial charge is 0.115 e. The fraction of sp³-hybridized carbons (Fsp3) is 0.538. The van der Waals surface area contributed by atoms with E-state index in [1.54, 1.807) is 29.0 Å². The van der Waals surface area contributed by atoms with Gasteiger partial charge >= 0.3 is 131 Å². The quantitative estimate of drug-likeness (QED) is 0.339. The maximum absolute atomic E-state index is 8.76. The number of rotatable bonds is 10. The minimum Gasteiger partial charge on any atom is -0.508 e. The van der Waals surface area contributed by atoms with Gasteiger partial charge in [-0.05, 0) is 19.1 Å². The Kier molecular flexibility index (Phi) is 12.6. The van der Waals surface area contributed by atoms with E-state index in [4.69, 9.17) is 5.11 Å². The van der Waals surface area contributed by atoms with Crippen molar-refractivity contribution in [1.29, 1.82) is 0 Å². The van der Waals surface area contributed by atoms with Crippen LogP contribution in [-0.4, -0.2) is 23.5 Å². The largest absolute Gasteiger partial charge is 0.508 e. The molecule has 0 amide bonds. The second-order valence-corrected chi connectivity index (χ2v) is 21.5. The van der Waals surface area contributed by atoms with Crippen LogP contribution in [-0.2, 0) is 0 Å². The molecule has 0 atom stereocenters. The Morgan fingerprint density at radius 1 is 0.607 bits per heavy atom. The van der Waals surface area contributed by atoms with Gasteiger partial charge in [-0.3, -0.25) is 0 Å². The van der Waals surface area contributed by atoms with Crippen LogP contribution in [0, 0.1) is 13.8 Å². The van der Waals surface area contributed by atoms with Gasteiger partial charge < -0.3 is 5.11 Å². The van der Waals surface area contributed by atoms with Crippen LogP contribution in [0.4, 0.5) is 0 Å². The molecule has 2 aromatic rings. The predicted molar refractivity (Wildman–Crippen MR) is 129 cm³/mol. The zero-order chi connectivity index (χ0) is 20.8. The van der Waals surface area contributed by atoms with Crippen LogP contribution in [0.2, 0.25) is 13.3 Å². The van der Waals surface area contributed by atoms with E-state index in [1.807, 2.05) is 19.1 Å². The van der Waals surface area contributed by atoms with Gasteiger partial charge in [0, 0.05) is 0 Å². The van der Waals surface area contributed by atoms with E-state index in [-0.39, 0.29) is 0 Å². The third-order valence-electron chi connectivity index (χ3n) is 5.72. The van der Waals surface area contributed by atoms with Crippen LogP contribution in [0.25, 0.3) is 0 Å². The van der Waals surface area contributed by atoms with Gasteiger partial charge in [0.25, 0.3) is 0 Å². The monoisotopic (exact) mass is 490 g/mol. The molecule has 2 heteroatoms. The van der Waals surface area contributed by atoms with Crippen molar-refractivity contribution in [3.8, 4) is 5.75 Å².